The Hall–Kier alpha value is -1.98. The fraction of sp³-hybridized carbons (Fsp3) is 0.684. The molecule has 0 saturated heterocycles. The van der Waals surface area contributed by atoms with Crippen molar-refractivity contribution in [1.29, 1.82) is 0 Å². The van der Waals surface area contributed by atoms with Gasteiger partial charge >= 0.3 is 0 Å². The smallest absolute Gasteiger partial charge is 0.284 e. The van der Waals surface area contributed by atoms with Crippen molar-refractivity contribution in [2.24, 2.45) is 16.6 Å². The van der Waals surface area contributed by atoms with Crippen LogP contribution in [0.2, 0.25) is 0 Å². The van der Waals surface area contributed by atoms with Crippen molar-refractivity contribution in [1.82, 2.24) is 10.6 Å². The summed E-state index contributed by atoms with van der Waals surface area (Å²) in [6, 6.07) is 3.69. The van der Waals surface area contributed by atoms with Crippen molar-refractivity contribution < 1.29 is 9.21 Å². The lowest BCUT2D eigenvalue weighted by Crippen LogP contribution is -2.42. The molecule has 6 nitrogen and oxygen atoms in total. The molecule has 1 aromatic heterocycles. The molecule has 4 N–H and O–H groups in total. The number of hydrogen-bond acceptors (Lipinski definition) is 3. The molecule has 1 aromatic rings. The molecule has 1 aliphatic carbocycles. The monoisotopic (exact) mass is 348 g/mol. The Morgan fingerprint density at radius 1 is 1.36 bits per heavy atom. The standard InChI is InChI=1S/C19H32N4O2/c1-3-21-19(22-13-16-11-12-17(25-16)18(20)24)23-14(2)9-10-15-7-5-4-6-8-15/h11-12,14-15H,3-10,13H2,1-2H3,(H2,20,24)(H2,21,22,23). The van der Waals surface area contributed by atoms with Crippen LogP contribution < -0.4 is 16.4 Å². The quantitative estimate of drug-likeness (QED) is 0.497. The zero-order chi connectivity index (χ0) is 18.1. The highest BCUT2D eigenvalue weighted by Gasteiger charge is 2.15. The van der Waals surface area contributed by atoms with E-state index in [0.717, 1.165) is 24.8 Å². The first kappa shape index (κ1) is 19.3. The van der Waals surface area contributed by atoms with Gasteiger partial charge in [-0.15, -0.1) is 0 Å². The molecule has 6 heteroatoms. The van der Waals surface area contributed by atoms with Gasteiger partial charge < -0.3 is 20.8 Å². The summed E-state index contributed by atoms with van der Waals surface area (Å²) >= 11 is 0. The van der Waals surface area contributed by atoms with Crippen molar-refractivity contribution in [2.45, 2.75) is 71.4 Å². The van der Waals surface area contributed by atoms with Crippen LogP contribution in [0.5, 0.6) is 0 Å². The number of carbonyl (C=O) groups excluding carboxylic acids is 1. The first-order valence-corrected chi connectivity index (χ1v) is 9.51. The molecule has 1 heterocycles. The second kappa shape index (κ2) is 10.1. The third-order valence-corrected chi connectivity index (χ3v) is 4.76. The molecule has 140 valence electrons. The van der Waals surface area contributed by atoms with Crippen molar-refractivity contribution >= 4 is 11.9 Å². The van der Waals surface area contributed by atoms with E-state index in [1.807, 2.05) is 6.92 Å². The van der Waals surface area contributed by atoms with Gasteiger partial charge in [0, 0.05) is 12.6 Å². The summed E-state index contributed by atoms with van der Waals surface area (Å²) in [6.07, 6.45) is 9.42. The van der Waals surface area contributed by atoms with E-state index in [1.54, 1.807) is 12.1 Å². The Labute approximate surface area is 150 Å². The fourth-order valence-corrected chi connectivity index (χ4v) is 3.34. The second-order valence-corrected chi connectivity index (χ2v) is 6.95. The predicted molar refractivity (Wildman–Crippen MR) is 100 cm³/mol. The number of nitrogens with one attached hydrogen (secondary N) is 2. The van der Waals surface area contributed by atoms with Crippen LogP contribution in [-0.4, -0.2) is 24.5 Å². The molecule has 25 heavy (non-hydrogen) atoms. The third kappa shape index (κ3) is 6.80. The molecule has 1 unspecified atom stereocenters. The first-order chi connectivity index (χ1) is 12.1. The minimum absolute atomic E-state index is 0.170. The van der Waals surface area contributed by atoms with Gasteiger partial charge in [-0.2, -0.15) is 0 Å². The number of furan rings is 1. The zero-order valence-corrected chi connectivity index (χ0v) is 15.5. The summed E-state index contributed by atoms with van der Waals surface area (Å²) in [5.41, 5.74) is 5.20. The fourth-order valence-electron chi connectivity index (χ4n) is 3.34. The van der Waals surface area contributed by atoms with Crippen molar-refractivity contribution in [3.63, 3.8) is 0 Å². The van der Waals surface area contributed by atoms with Crippen LogP contribution in [0.25, 0.3) is 0 Å². The van der Waals surface area contributed by atoms with Crippen molar-refractivity contribution in [2.75, 3.05) is 6.54 Å². The van der Waals surface area contributed by atoms with Crippen molar-refractivity contribution in [3.05, 3.63) is 23.7 Å². The molecule has 1 fully saturated rings. The number of hydrogen-bond donors (Lipinski definition) is 3. The Kier molecular flexibility index (Phi) is 7.82. The Balaban J connectivity index is 1.81. The third-order valence-electron chi connectivity index (χ3n) is 4.76. The molecule has 2 rings (SSSR count). The van der Waals surface area contributed by atoms with Crippen LogP contribution >= 0.6 is 0 Å². The molecule has 0 aromatic carbocycles. The van der Waals surface area contributed by atoms with E-state index in [0.29, 0.717) is 18.3 Å². The average molecular weight is 348 g/mol. The lowest BCUT2D eigenvalue weighted by atomic mass is 9.85. The number of guanidine groups is 1. The van der Waals surface area contributed by atoms with E-state index in [-0.39, 0.29) is 5.76 Å². The minimum atomic E-state index is -0.559. The molecule has 0 aliphatic heterocycles. The van der Waals surface area contributed by atoms with Gasteiger partial charge in [0.05, 0.1) is 0 Å². The molecular weight excluding hydrogens is 316 g/mol. The van der Waals surface area contributed by atoms with Gasteiger partial charge in [0.25, 0.3) is 5.91 Å². The number of primary amides is 1. The lowest BCUT2D eigenvalue weighted by molar-refractivity contribution is 0.0972. The van der Waals surface area contributed by atoms with Gasteiger partial charge in [-0.3, -0.25) is 4.79 Å². The summed E-state index contributed by atoms with van der Waals surface area (Å²) in [4.78, 5) is 15.6. The van der Waals surface area contributed by atoms with Crippen molar-refractivity contribution in [3.8, 4) is 0 Å². The molecule has 1 atom stereocenters. The summed E-state index contributed by atoms with van der Waals surface area (Å²) in [7, 11) is 0. The van der Waals surface area contributed by atoms with Gasteiger partial charge in [-0.25, -0.2) is 4.99 Å². The highest BCUT2D eigenvalue weighted by Crippen LogP contribution is 2.27. The molecule has 0 radical (unpaired) electrons. The molecule has 0 spiro atoms. The van der Waals surface area contributed by atoms with E-state index in [9.17, 15) is 4.79 Å². The van der Waals surface area contributed by atoms with Gasteiger partial charge in [0.2, 0.25) is 0 Å². The second-order valence-electron chi connectivity index (χ2n) is 6.95. The number of amides is 1. The topological polar surface area (TPSA) is 92.6 Å². The zero-order valence-electron chi connectivity index (χ0n) is 15.5. The van der Waals surface area contributed by atoms with E-state index in [2.05, 4.69) is 22.5 Å². The maximum atomic E-state index is 11.1. The summed E-state index contributed by atoms with van der Waals surface area (Å²) in [5, 5.41) is 6.72. The predicted octanol–water partition coefficient (Wildman–Crippen LogP) is 3.18. The van der Waals surface area contributed by atoms with Crippen LogP contribution in [-0.2, 0) is 6.54 Å². The molecule has 1 saturated carbocycles. The maximum absolute atomic E-state index is 11.1. The number of carbonyl (C=O) groups is 1. The summed E-state index contributed by atoms with van der Waals surface area (Å²) in [5.74, 6) is 1.91. The normalized spacial score (nSPS) is 17.3. The van der Waals surface area contributed by atoms with E-state index >= 15 is 0 Å². The van der Waals surface area contributed by atoms with E-state index < -0.39 is 5.91 Å². The average Bonchev–Trinajstić information content (AvgIpc) is 3.08. The van der Waals surface area contributed by atoms with Crippen LogP contribution in [0.1, 0.15) is 75.1 Å². The van der Waals surface area contributed by atoms with Crippen LogP contribution in [0.3, 0.4) is 0 Å². The van der Waals surface area contributed by atoms with Crippen LogP contribution in [0, 0.1) is 5.92 Å². The Bertz CT molecular complexity index is 562. The number of aliphatic imine (C=N–C) groups is 1. The maximum Gasteiger partial charge on any atom is 0.284 e. The van der Waals surface area contributed by atoms with Gasteiger partial charge in [-0.05, 0) is 44.7 Å². The van der Waals surface area contributed by atoms with E-state index in [4.69, 9.17) is 10.2 Å². The Morgan fingerprint density at radius 3 is 2.76 bits per heavy atom. The largest absolute Gasteiger partial charge is 0.454 e. The molecule has 0 bridgehead atoms. The minimum Gasteiger partial charge on any atom is -0.454 e. The highest BCUT2D eigenvalue weighted by molar-refractivity contribution is 5.89. The van der Waals surface area contributed by atoms with Gasteiger partial charge in [0.15, 0.2) is 11.7 Å². The summed E-state index contributed by atoms with van der Waals surface area (Å²) in [6.45, 7) is 5.42. The highest BCUT2D eigenvalue weighted by atomic mass is 16.3. The molecule has 1 amide bonds. The number of nitrogens with zero attached hydrogens (tertiary/aromatic N) is 1. The first-order valence-electron chi connectivity index (χ1n) is 9.51. The SMILES string of the molecule is CCNC(=NCc1ccc(C(N)=O)o1)NC(C)CCC1CCCCC1. The Morgan fingerprint density at radius 2 is 2.12 bits per heavy atom. The van der Waals surface area contributed by atoms with Gasteiger partial charge in [0.1, 0.15) is 12.3 Å². The number of nitrogens with two attached hydrogens (primary N) is 1. The lowest BCUT2D eigenvalue weighted by Gasteiger charge is -2.24. The van der Waals surface area contributed by atoms with E-state index in [1.165, 1.54) is 38.5 Å². The summed E-state index contributed by atoms with van der Waals surface area (Å²) < 4.78 is 5.37. The molecule has 1 aliphatic rings. The van der Waals surface area contributed by atoms with Crippen LogP contribution in [0.4, 0.5) is 0 Å². The van der Waals surface area contributed by atoms with Gasteiger partial charge in [-0.1, -0.05) is 32.1 Å². The number of rotatable bonds is 8. The van der Waals surface area contributed by atoms with Crippen LogP contribution in [0.15, 0.2) is 21.5 Å². The molecular formula is C19H32N4O2.